The van der Waals surface area contributed by atoms with E-state index in [0.717, 1.165) is 27.1 Å². The molecule has 0 unspecified atom stereocenters. The van der Waals surface area contributed by atoms with E-state index < -0.39 is 0 Å². The number of benzene rings is 1. The molecule has 0 fully saturated rings. The minimum absolute atomic E-state index is 0.535. The van der Waals surface area contributed by atoms with Crippen LogP contribution in [0.15, 0.2) is 24.4 Å². The lowest BCUT2D eigenvalue weighted by atomic mass is 9.97. The van der Waals surface area contributed by atoms with Gasteiger partial charge in [0.05, 0.1) is 17.2 Å². The maximum absolute atomic E-state index is 5.95. The third kappa shape index (κ3) is 1.57. The highest BCUT2D eigenvalue weighted by Gasteiger charge is 2.09. The van der Waals surface area contributed by atoms with Gasteiger partial charge in [-0.15, -0.1) is 0 Å². The lowest BCUT2D eigenvalue weighted by Gasteiger charge is -2.05. The molecule has 2 heterocycles. The number of hydrogen-bond donors (Lipinski definition) is 0. The molecule has 0 N–H and O–H groups in total. The zero-order valence-electron chi connectivity index (χ0n) is 9.31. The lowest BCUT2D eigenvalue weighted by Crippen LogP contribution is -2.09. The second kappa shape index (κ2) is 3.84. The summed E-state index contributed by atoms with van der Waals surface area (Å²) in [6.45, 7) is 0. The number of nitrogens with zero attached hydrogens (tertiary/aromatic N) is 3. The summed E-state index contributed by atoms with van der Waals surface area (Å²) in [7, 11) is 7.87. The van der Waals surface area contributed by atoms with Crippen molar-refractivity contribution in [2.75, 3.05) is 0 Å². The van der Waals surface area contributed by atoms with E-state index in [1.54, 1.807) is 6.20 Å². The van der Waals surface area contributed by atoms with Crippen LogP contribution >= 0.6 is 15.9 Å². The van der Waals surface area contributed by atoms with E-state index in [-0.39, 0.29) is 0 Å². The Kier molecular flexibility index (Phi) is 2.43. The second-order valence-corrected chi connectivity index (χ2v) is 4.57. The SMILES string of the molecule is [B]c1nc2cc(CBr)ccc2c2c1cnn2C. The Balaban J connectivity index is 2.51. The molecule has 82 valence electrons. The average molecular weight is 286 g/mol. The largest absolute Gasteiger partial charge is 0.267 e. The minimum atomic E-state index is 0.535. The van der Waals surface area contributed by atoms with Gasteiger partial charge in [0, 0.05) is 23.2 Å². The average Bonchev–Trinajstić information content (AvgIpc) is 2.72. The van der Waals surface area contributed by atoms with E-state index in [9.17, 15) is 0 Å². The van der Waals surface area contributed by atoms with Gasteiger partial charge in [-0.05, 0) is 17.2 Å². The summed E-state index contributed by atoms with van der Waals surface area (Å²) in [6.07, 6.45) is 1.76. The fourth-order valence-corrected chi connectivity index (χ4v) is 2.44. The molecule has 0 aliphatic carbocycles. The minimum Gasteiger partial charge on any atom is -0.267 e. The van der Waals surface area contributed by atoms with Crippen LogP contribution in [-0.4, -0.2) is 22.6 Å². The number of hydrogen-bond acceptors (Lipinski definition) is 2. The number of fused-ring (bicyclic) bond motifs is 3. The summed E-state index contributed by atoms with van der Waals surface area (Å²) in [5, 5.41) is 7.04. The molecule has 5 heteroatoms. The molecule has 0 atom stereocenters. The Labute approximate surface area is 108 Å². The van der Waals surface area contributed by atoms with Crippen LogP contribution in [0.2, 0.25) is 0 Å². The van der Waals surface area contributed by atoms with Gasteiger partial charge in [-0.3, -0.25) is 9.67 Å². The van der Waals surface area contributed by atoms with E-state index in [2.05, 4.69) is 38.1 Å². The van der Waals surface area contributed by atoms with Crippen LogP contribution in [0, 0.1) is 0 Å². The van der Waals surface area contributed by atoms with Gasteiger partial charge in [-0.2, -0.15) is 5.10 Å². The van der Waals surface area contributed by atoms with Crippen LogP contribution in [-0.2, 0) is 12.4 Å². The molecular formula is C12H9BBrN3. The molecule has 0 bridgehead atoms. The standard InChI is InChI=1S/C12H9BBrN3/c1-17-11-8-3-2-7(5-14)4-10(8)16-12(13)9(11)6-15-17/h2-4,6H,5H2,1H3. The van der Waals surface area contributed by atoms with E-state index >= 15 is 0 Å². The first-order valence-electron chi connectivity index (χ1n) is 5.26. The quantitative estimate of drug-likeness (QED) is 0.504. The van der Waals surface area contributed by atoms with Gasteiger partial charge in [0.15, 0.2) is 0 Å². The molecule has 2 radical (unpaired) electrons. The predicted molar refractivity (Wildman–Crippen MR) is 74.0 cm³/mol. The van der Waals surface area contributed by atoms with E-state index in [1.807, 2.05) is 17.8 Å². The summed E-state index contributed by atoms with van der Waals surface area (Å²) in [4.78, 5) is 4.43. The van der Waals surface area contributed by atoms with Crippen molar-refractivity contribution >= 4 is 51.2 Å². The number of rotatable bonds is 1. The fourth-order valence-electron chi connectivity index (χ4n) is 2.09. The highest BCUT2D eigenvalue weighted by molar-refractivity contribution is 9.08. The van der Waals surface area contributed by atoms with Crippen LogP contribution in [0.25, 0.3) is 21.8 Å². The summed E-state index contributed by atoms with van der Waals surface area (Å²) in [5.41, 5.74) is 3.67. The van der Waals surface area contributed by atoms with Crippen molar-refractivity contribution in [1.82, 2.24) is 14.8 Å². The second-order valence-electron chi connectivity index (χ2n) is 4.01. The van der Waals surface area contributed by atoms with Crippen LogP contribution in [0.1, 0.15) is 5.56 Å². The van der Waals surface area contributed by atoms with Crippen molar-refractivity contribution in [2.45, 2.75) is 5.33 Å². The highest BCUT2D eigenvalue weighted by Crippen LogP contribution is 2.23. The van der Waals surface area contributed by atoms with Gasteiger partial charge >= 0.3 is 0 Å². The fraction of sp³-hybridized carbons (Fsp3) is 0.167. The van der Waals surface area contributed by atoms with Crippen LogP contribution in [0.5, 0.6) is 0 Å². The molecular weight excluding hydrogens is 277 g/mol. The zero-order valence-corrected chi connectivity index (χ0v) is 10.9. The molecule has 0 saturated heterocycles. The number of alkyl halides is 1. The summed E-state index contributed by atoms with van der Waals surface area (Å²) in [6, 6.07) is 6.21. The Bertz CT molecular complexity index is 720. The van der Waals surface area contributed by atoms with Gasteiger partial charge in [0.1, 0.15) is 7.85 Å². The molecule has 3 rings (SSSR count). The molecule has 0 aliphatic heterocycles. The zero-order chi connectivity index (χ0) is 12.0. The molecule has 0 saturated carbocycles. The number of pyridine rings is 1. The Morgan fingerprint density at radius 3 is 2.94 bits per heavy atom. The summed E-state index contributed by atoms with van der Waals surface area (Å²) >= 11 is 3.44. The normalized spacial score (nSPS) is 11.4. The van der Waals surface area contributed by atoms with Gasteiger partial charge < -0.3 is 0 Å². The highest BCUT2D eigenvalue weighted by atomic mass is 79.9. The van der Waals surface area contributed by atoms with Crippen molar-refractivity contribution in [3.8, 4) is 0 Å². The maximum atomic E-state index is 5.95. The van der Waals surface area contributed by atoms with Crippen molar-refractivity contribution in [3.05, 3.63) is 30.0 Å². The molecule has 0 amide bonds. The monoisotopic (exact) mass is 285 g/mol. The smallest absolute Gasteiger partial charge is 0.142 e. The first kappa shape index (κ1) is 10.8. The van der Waals surface area contributed by atoms with Crippen molar-refractivity contribution in [3.63, 3.8) is 0 Å². The first-order valence-corrected chi connectivity index (χ1v) is 6.38. The first-order chi connectivity index (χ1) is 8.20. The van der Waals surface area contributed by atoms with E-state index in [4.69, 9.17) is 7.85 Å². The summed E-state index contributed by atoms with van der Waals surface area (Å²) < 4.78 is 1.84. The van der Waals surface area contributed by atoms with Gasteiger partial charge in [0.2, 0.25) is 0 Å². The van der Waals surface area contributed by atoms with Crippen LogP contribution < -0.4 is 5.59 Å². The third-order valence-electron chi connectivity index (χ3n) is 2.93. The number of halogens is 1. The Morgan fingerprint density at radius 1 is 1.35 bits per heavy atom. The third-order valence-corrected chi connectivity index (χ3v) is 3.57. The van der Waals surface area contributed by atoms with Gasteiger partial charge in [-0.1, -0.05) is 28.1 Å². The van der Waals surface area contributed by atoms with Crippen molar-refractivity contribution < 1.29 is 0 Å². The number of aromatic nitrogens is 3. The molecule has 0 spiro atoms. The molecule has 3 nitrogen and oxygen atoms in total. The van der Waals surface area contributed by atoms with Crippen LogP contribution in [0.4, 0.5) is 0 Å². The molecule has 0 aliphatic rings. The lowest BCUT2D eigenvalue weighted by molar-refractivity contribution is 0.799. The molecule has 3 aromatic rings. The molecule has 17 heavy (non-hydrogen) atoms. The van der Waals surface area contributed by atoms with Crippen LogP contribution in [0.3, 0.4) is 0 Å². The van der Waals surface area contributed by atoms with Gasteiger partial charge in [-0.25, -0.2) is 0 Å². The topological polar surface area (TPSA) is 30.7 Å². The van der Waals surface area contributed by atoms with Crippen molar-refractivity contribution in [1.29, 1.82) is 0 Å². The predicted octanol–water partition coefficient (Wildman–Crippen LogP) is 1.81. The summed E-state index contributed by atoms with van der Waals surface area (Å²) in [5.74, 6) is 0. The number of aryl methyl sites for hydroxylation is 1. The van der Waals surface area contributed by atoms with Gasteiger partial charge in [0.25, 0.3) is 0 Å². The molecule has 2 aromatic heterocycles. The molecule has 1 aromatic carbocycles. The van der Waals surface area contributed by atoms with Crippen molar-refractivity contribution in [2.24, 2.45) is 7.05 Å². The Morgan fingerprint density at radius 2 is 2.18 bits per heavy atom. The van der Waals surface area contributed by atoms with E-state index in [0.29, 0.717) is 5.59 Å². The Hall–Kier alpha value is -1.36. The maximum Gasteiger partial charge on any atom is 0.142 e. The van der Waals surface area contributed by atoms with E-state index in [1.165, 1.54) is 5.56 Å².